The van der Waals surface area contributed by atoms with Crippen molar-refractivity contribution < 1.29 is 14.6 Å². The van der Waals surface area contributed by atoms with Gasteiger partial charge in [0.15, 0.2) is 0 Å². The third-order valence-corrected chi connectivity index (χ3v) is 2.76. The van der Waals surface area contributed by atoms with Crippen molar-refractivity contribution in [3.05, 3.63) is 48.0 Å². The van der Waals surface area contributed by atoms with Crippen molar-refractivity contribution in [3.8, 4) is 5.75 Å². The molecule has 0 saturated carbocycles. The molecule has 5 heteroatoms. The van der Waals surface area contributed by atoms with Crippen LogP contribution < -0.4 is 15.8 Å². The van der Waals surface area contributed by atoms with E-state index < -0.39 is 5.97 Å². The number of carboxylic acid groups (broad SMARTS) is 1. The lowest BCUT2D eigenvalue weighted by atomic mass is 10.1. The number of anilines is 3. The normalized spacial score (nSPS) is 10.1. The van der Waals surface area contributed by atoms with Gasteiger partial charge in [0.1, 0.15) is 5.75 Å². The second-order valence-corrected chi connectivity index (χ2v) is 4.16. The first kappa shape index (κ1) is 13.7. The van der Waals surface area contributed by atoms with E-state index in [2.05, 4.69) is 5.32 Å². The van der Waals surface area contributed by atoms with E-state index in [4.69, 9.17) is 15.6 Å². The van der Waals surface area contributed by atoms with Crippen LogP contribution in [0.2, 0.25) is 0 Å². The predicted molar refractivity (Wildman–Crippen MR) is 78.7 cm³/mol. The minimum absolute atomic E-state index is 0.176. The molecule has 0 spiro atoms. The zero-order chi connectivity index (χ0) is 14.5. The number of nitrogens with two attached hydrogens (primary N) is 1. The SMILES string of the molecule is CCOc1ccccc1Nc1cc(C(=O)O)ccc1N. The molecule has 0 aliphatic carbocycles. The highest BCUT2D eigenvalue weighted by Gasteiger charge is 2.09. The highest BCUT2D eigenvalue weighted by atomic mass is 16.5. The van der Waals surface area contributed by atoms with E-state index in [-0.39, 0.29) is 5.56 Å². The largest absolute Gasteiger partial charge is 0.492 e. The number of carbonyl (C=O) groups is 1. The van der Waals surface area contributed by atoms with E-state index in [9.17, 15) is 4.79 Å². The first-order valence-electron chi connectivity index (χ1n) is 6.23. The fraction of sp³-hybridized carbons (Fsp3) is 0.133. The number of para-hydroxylation sites is 2. The van der Waals surface area contributed by atoms with Crippen LogP contribution in [0.25, 0.3) is 0 Å². The number of nitrogens with one attached hydrogen (secondary N) is 1. The number of rotatable bonds is 5. The Morgan fingerprint density at radius 1 is 1.25 bits per heavy atom. The third kappa shape index (κ3) is 3.00. The summed E-state index contributed by atoms with van der Waals surface area (Å²) in [6, 6.07) is 11.9. The molecule has 2 aromatic rings. The van der Waals surface area contributed by atoms with Crippen molar-refractivity contribution in [3.63, 3.8) is 0 Å². The average Bonchev–Trinajstić information content (AvgIpc) is 2.43. The Kier molecular flexibility index (Phi) is 4.10. The van der Waals surface area contributed by atoms with E-state index in [0.717, 1.165) is 5.69 Å². The summed E-state index contributed by atoms with van der Waals surface area (Å²) in [5.74, 6) is -0.304. The maximum atomic E-state index is 11.0. The van der Waals surface area contributed by atoms with Gasteiger partial charge in [-0.25, -0.2) is 4.79 Å². The molecule has 104 valence electrons. The lowest BCUT2D eigenvalue weighted by Gasteiger charge is -2.14. The number of ether oxygens (including phenoxy) is 1. The summed E-state index contributed by atoms with van der Waals surface area (Å²) in [6.45, 7) is 2.44. The molecule has 0 aliphatic heterocycles. The Balaban J connectivity index is 2.34. The molecule has 5 nitrogen and oxygen atoms in total. The van der Waals surface area contributed by atoms with Gasteiger partial charge in [0.05, 0.1) is 29.2 Å². The Hall–Kier alpha value is -2.69. The summed E-state index contributed by atoms with van der Waals surface area (Å²) in [6.07, 6.45) is 0. The van der Waals surface area contributed by atoms with Gasteiger partial charge in [0.2, 0.25) is 0 Å². The molecule has 0 radical (unpaired) electrons. The van der Waals surface area contributed by atoms with Gasteiger partial charge in [0.25, 0.3) is 0 Å². The van der Waals surface area contributed by atoms with Crippen LogP contribution >= 0.6 is 0 Å². The van der Waals surface area contributed by atoms with Gasteiger partial charge in [-0.15, -0.1) is 0 Å². The third-order valence-electron chi connectivity index (χ3n) is 2.76. The number of hydrogen-bond donors (Lipinski definition) is 3. The number of aromatic carboxylic acids is 1. The number of carboxylic acids is 1. The molecule has 0 amide bonds. The fourth-order valence-electron chi connectivity index (χ4n) is 1.79. The highest BCUT2D eigenvalue weighted by Crippen LogP contribution is 2.30. The molecule has 0 unspecified atom stereocenters. The van der Waals surface area contributed by atoms with Crippen molar-refractivity contribution in [2.24, 2.45) is 0 Å². The van der Waals surface area contributed by atoms with Crippen LogP contribution in [0.3, 0.4) is 0 Å². The summed E-state index contributed by atoms with van der Waals surface area (Å²) in [4.78, 5) is 11.0. The molecule has 0 bridgehead atoms. The Morgan fingerprint density at radius 3 is 2.70 bits per heavy atom. The Labute approximate surface area is 117 Å². The van der Waals surface area contributed by atoms with E-state index in [1.54, 1.807) is 6.07 Å². The van der Waals surface area contributed by atoms with E-state index in [0.29, 0.717) is 23.7 Å². The van der Waals surface area contributed by atoms with Gasteiger partial charge < -0.3 is 20.9 Å². The first-order valence-corrected chi connectivity index (χ1v) is 6.23. The topological polar surface area (TPSA) is 84.6 Å². The molecule has 4 N–H and O–H groups in total. The molecule has 0 aliphatic rings. The predicted octanol–water partition coefficient (Wildman–Crippen LogP) is 3.11. The van der Waals surface area contributed by atoms with Gasteiger partial charge in [-0.3, -0.25) is 0 Å². The van der Waals surface area contributed by atoms with Crippen LogP contribution in [0, 0.1) is 0 Å². The van der Waals surface area contributed by atoms with Gasteiger partial charge in [0, 0.05) is 0 Å². The quantitative estimate of drug-likeness (QED) is 0.728. The van der Waals surface area contributed by atoms with Crippen molar-refractivity contribution in [2.45, 2.75) is 6.92 Å². The van der Waals surface area contributed by atoms with Crippen LogP contribution in [0.4, 0.5) is 17.1 Å². The molecule has 2 rings (SSSR count). The van der Waals surface area contributed by atoms with E-state index in [1.807, 2.05) is 31.2 Å². The average molecular weight is 272 g/mol. The van der Waals surface area contributed by atoms with Gasteiger partial charge >= 0.3 is 5.97 Å². The maximum Gasteiger partial charge on any atom is 0.335 e. The summed E-state index contributed by atoms with van der Waals surface area (Å²) < 4.78 is 5.51. The molecule has 0 aromatic heterocycles. The number of hydrogen-bond acceptors (Lipinski definition) is 4. The highest BCUT2D eigenvalue weighted by molar-refractivity contribution is 5.91. The fourth-order valence-corrected chi connectivity index (χ4v) is 1.79. The smallest absolute Gasteiger partial charge is 0.335 e. The minimum Gasteiger partial charge on any atom is -0.492 e. The lowest BCUT2D eigenvalue weighted by Crippen LogP contribution is -2.03. The van der Waals surface area contributed by atoms with Crippen molar-refractivity contribution in [1.82, 2.24) is 0 Å². The van der Waals surface area contributed by atoms with Crippen molar-refractivity contribution in [1.29, 1.82) is 0 Å². The standard InChI is InChI=1S/C15H16N2O3/c1-2-20-14-6-4-3-5-12(14)17-13-9-10(15(18)19)7-8-11(13)16/h3-9,17H,2,16H2,1H3,(H,18,19). The van der Waals surface area contributed by atoms with Crippen LogP contribution in [0.1, 0.15) is 17.3 Å². The van der Waals surface area contributed by atoms with Crippen molar-refractivity contribution >= 4 is 23.0 Å². The van der Waals surface area contributed by atoms with E-state index in [1.165, 1.54) is 12.1 Å². The van der Waals surface area contributed by atoms with Crippen LogP contribution in [-0.4, -0.2) is 17.7 Å². The summed E-state index contributed by atoms with van der Waals surface area (Å²) in [5.41, 5.74) is 7.79. The van der Waals surface area contributed by atoms with Gasteiger partial charge in [-0.05, 0) is 37.3 Å². The monoisotopic (exact) mass is 272 g/mol. The first-order chi connectivity index (χ1) is 9.61. The van der Waals surface area contributed by atoms with Crippen LogP contribution in [0.15, 0.2) is 42.5 Å². The summed E-state index contributed by atoms with van der Waals surface area (Å²) >= 11 is 0. The van der Waals surface area contributed by atoms with Gasteiger partial charge in [-0.1, -0.05) is 12.1 Å². The minimum atomic E-state index is -0.994. The molecule has 20 heavy (non-hydrogen) atoms. The Morgan fingerprint density at radius 2 is 2.00 bits per heavy atom. The molecular formula is C15H16N2O3. The second-order valence-electron chi connectivity index (χ2n) is 4.16. The molecule has 0 fully saturated rings. The Bertz CT molecular complexity index is 626. The van der Waals surface area contributed by atoms with Crippen molar-refractivity contribution in [2.75, 3.05) is 17.7 Å². The zero-order valence-electron chi connectivity index (χ0n) is 11.1. The second kappa shape index (κ2) is 5.97. The molecule has 2 aromatic carbocycles. The molecule has 0 heterocycles. The molecule has 0 atom stereocenters. The maximum absolute atomic E-state index is 11.0. The molecule has 0 saturated heterocycles. The summed E-state index contributed by atoms with van der Waals surface area (Å²) in [7, 11) is 0. The van der Waals surface area contributed by atoms with E-state index >= 15 is 0 Å². The zero-order valence-corrected chi connectivity index (χ0v) is 11.1. The number of nitrogen functional groups attached to an aromatic ring is 1. The molecular weight excluding hydrogens is 256 g/mol. The van der Waals surface area contributed by atoms with Crippen LogP contribution in [0.5, 0.6) is 5.75 Å². The lowest BCUT2D eigenvalue weighted by molar-refractivity contribution is 0.0697. The van der Waals surface area contributed by atoms with Crippen LogP contribution in [-0.2, 0) is 0 Å². The summed E-state index contributed by atoms with van der Waals surface area (Å²) in [5, 5.41) is 12.1. The van der Waals surface area contributed by atoms with Gasteiger partial charge in [-0.2, -0.15) is 0 Å². The number of benzene rings is 2.